The first-order valence-corrected chi connectivity index (χ1v) is 6.41. The van der Waals surface area contributed by atoms with Gasteiger partial charge in [0.15, 0.2) is 0 Å². The molecule has 18 heavy (non-hydrogen) atoms. The Hall–Kier alpha value is -1.53. The molecular weight excluding hydrogens is 222 g/mol. The van der Waals surface area contributed by atoms with Crippen LogP contribution >= 0.6 is 0 Å². The minimum atomic E-state index is 0.194. The zero-order valence-electron chi connectivity index (χ0n) is 11.7. The van der Waals surface area contributed by atoms with Gasteiger partial charge in [0.25, 0.3) is 0 Å². The highest BCUT2D eigenvalue weighted by Gasteiger charge is 2.31. The molecule has 1 aliphatic rings. The van der Waals surface area contributed by atoms with Gasteiger partial charge in [-0.1, -0.05) is 0 Å². The number of hydrogen-bond donors (Lipinski definition) is 0. The van der Waals surface area contributed by atoms with E-state index in [9.17, 15) is 0 Å². The topological polar surface area (TPSA) is 30.3 Å². The van der Waals surface area contributed by atoms with Crippen molar-refractivity contribution < 1.29 is 0 Å². The summed E-state index contributed by atoms with van der Waals surface area (Å²) in [7, 11) is 2.18. The van der Waals surface area contributed by atoms with Gasteiger partial charge < -0.3 is 4.90 Å². The van der Waals surface area contributed by atoms with Crippen molar-refractivity contribution in [3.8, 4) is 6.07 Å². The summed E-state index contributed by atoms with van der Waals surface area (Å²) in [5, 5.41) is 8.97. The molecule has 0 atom stereocenters. The Labute approximate surface area is 110 Å². The summed E-state index contributed by atoms with van der Waals surface area (Å²) in [6.45, 7) is 9.70. The molecule has 3 heteroatoms. The van der Waals surface area contributed by atoms with E-state index in [2.05, 4.69) is 48.9 Å². The molecule has 0 radical (unpaired) electrons. The van der Waals surface area contributed by atoms with E-state index in [0.29, 0.717) is 0 Å². The fraction of sp³-hybridized carbons (Fsp3) is 0.533. The first-order chi connectivity index (χ1) is 8.44. The standard InChI is InChI=1S/C15H21N3/c1-12-9-14(6-5-13(12)10-16)18-8-7-17(4)15(2,3)11-18/h5-6,9H,7-8,11H2,1-4H3. The minimum absolute atomic E-state index is 0.194. The van der Waals surface area contributed by atoms with Gasteiger partial charge in [0.05, 0.1) is 11.6 Å². The smallest absolute Gasteiger partial charge is 0.0994 e. The molecule has 0 saturated carbocycles. The SMILES string of the molecule is Cc1cc(N2CCN(C)C(C)(C)C2)ccc1C#N. The van der Waals surface area contributed by atoms with E-state index >= 15 is 0 Å². The van der Waals surface area contributed by atoms with Crippen LogP contribution in [0.3, 0.4) is 0 Å². The summed E-state index contributed by atoms with van der Waals surface area (Å²) in [5.74, 6) is 0. The Morgan fingerprint density at radius 2 is 2.00 bits per heavy atom. The van der Waals surface area contributed by atoms with E-state index in [1.165, 1.54) is 5.69 Å². The Bertz CT molecular complexity index is 485. The number of nitrogens with zero attached hydrogens (tertiary/aromatic N) is 3. The van der Waals surface area contributed by atoms with Crippen LogP contribution in [0.15, 0.2) is 18.2 Å². The van der Waals surface area contributed by atoms with Crippen molar-refractivity contribution in [2.45, 2.75) is 26.3 Å². The van der Waals surface area contributed by atoms with Gasteiger partial charge in [-0.2, -0.15) is 5.26 Å². The summed E-state index contributed by atoms with van der Waals surface area (Å²) < 4.78 is 0. The highest BCUT2D eigenvalue weighted by Crippen LogP contribution is 2.25. The maximum atomic E-state index is 8.97. The van der Waals surface area contributed by atoms with Crippen molar-refractivity contribution in [3.63, 3.8) is 0 Å². The third-order valence-corrected chi connectivity index (χ3v) is 4.01. The molecule has 1 heterocycles. The maximum absolute atomic E-state index is 8.97. The number of likely N-dealkylation sites (N-methyl/N-ethyl adjacent to an activating group) is 1. The Morgan fingerprint density at radius 1 is 1.28 bits per heavy atom. The van der Waals surface area contributed by atoms with Crippen LogP contribution in [0.5, 0.6) is 0 Å². The van der Waals surface area contributed by atoms with Crippen LogP contribution in [-0.4, -0.2) is 37.1 Å². The van der Waals surface area contributed by atoms with Gasteiger partial charge >= 0.3 is 0 Å². The molecule has 1 saturated heterocycles. The normalized spacial score (nSPS) is 19.6. The molecule has 1 fully saturated rings. The molecule has 2 rings (SSSR count). The number of rotatable bonds is 1. The molecule has 0 aromatic heterocycles. The van der Waals surface area contributed by atoms with Crippen LogP contribution in [0.25, 0.3) is 0 Å². The molecule has 1 aromatic rings. The predicted molar refractivity (Wildman–Crippen MR) is 74.8 cm³/mol. The molecule has 1 aliphatic heterocycles. The summed E-state index contributed by atoms with van der Waals surface area (Å²) in [5.41, 5.74) is 3.26. The zero-order chi connectivity index (χ0) is 13.3. The first kappa shape index (κ1) is 12.9. The third kappa shape index (κ3) is 2.34. The molecule has 0 aliphatic carbocycles. The van der Waals surface area contributed by atoms with Crippen molar-refractivity contribution in [2.75, 3.05) is 31.6 Å². The number of piperazine rings is 1. The Morgan fingerprint density at radius 3 is 2.56 bits per heavy atom. The summed E-state index contributed by atoms with van der Waals surface area (Å²) >= 11 is 0. The Kier molecular flexibility index (Phi) is 3.32. The van der Waals surface area contributed by atoms with Crippen LogP contribution in [0.1, 0.15) is 25.0 Å². The molecule has 1 aromatic carbocycles. The third-order valence-electron chi connectivity index (χ3n) is 4.01. The molecule has 96 valence electrons. The summed E-state index contributed by atoms with van der Waals surface area (Å²) in [6.07, 6.45) is 0. The first-order valence-electron chi connectivity index (χ1n) is 6.41. The summed E-state index contributed by atoms with van der Waals surface area (Å²) in [6, 6.07) is 8.34. The molecule has 0 unspecified atom stereocenters. The molecule has 0 bridgehead atoms. The quantitative estimate of drug-likeness (QED) is 0.758. The van der Waals surface area contributed by atoms with Crippen molar-refractivity contribution in [3.05, 3.63) is 29.3 Å². The van der Waals surface area contributed by atoms with E-state index in [1.54, 1.807) is 0 Å². The lowest BCUT2D eigenvalue weighted by Gasteiger charge is -2.46. The van der Waals surface area contributed by atoms with Gasteiger partial charge in [-0.25, -0.2) is 0 Å². The van der Waals surface area contributed by atoms with Gasteiger partial charge in [0, 0.05) is 30.9 Å². The molecule has 0 amide bonds. The molecule has 0 N–H and O–H groups in total. The predicted octanol–water partition coefficient (Wildman–Crippen LogP) is 2.40. The van der Waals surface area contributed by atoms with E-state index in [-0.39, 0.29) is 5.54 Å². The monoisotopic (exact) mass is 243 g/mol. The van der Waals surface area contributed by atoms with E-state index in [4.69, 9.17) is 5.26 Å². The Balaban J connectivity index is 2.23. The van der Waals surface area contributed by atoms with E-state index in [0.717, 1.165) is 30.8 Å². The van der Waals surface area contributed by atoms with Crippen LogP contribution in [0.2, 0.25) is 0 Å². The molecule has 0 spiro atoms. The maximum Gasteiger partial charge on any atom is 0.0994 e. The second-order valence-corrected chi connectivity index (χ2v) is 5.77. The van der Waals surface area contributed by atoms with Crippen LogP contribution < -0.4 is 4.90 Å². The van der Waals surface area contributed by atoms with Crippen molar-refractivity contribution in [1.82, 2.24) is 4.90 Å². The van der Waals surface area contributed by atoms with Crippen molar-refractivity contribution in [1.29, 1.82) is 5.26 Å². The average molecular weight is 243 g/mol. The summed E-state index contributed by atoms with van der Waals surface area (Å²) in [4.78, 5) is 4.81. The lowest BCUT2D eigenvalue weighted by molar-refractivity contribution is 0.139. The van der Waals surface area contributed by atoms with Crippen molar-refractivity contribution >= 4 is 5.69 Å². The largest absolute Gasteiger partial charge is 0.368 e. The van der Waals surface area contributed by atoms with Crippen LogP contribution in [0.4, 0.5) is 5.69 Å². The minimum Gasteiger partial charge on any atom is -0.368 e. The number of anilines is 1. The number of nitriles is 1. The lowest BCUT2D eigenvalue weighted by Crippen LogP contribution is -2.57. The highest BCUT2D eigenvalue weighted by atomic mass is 15.3. The van der Waals surface area contributed by atoms with E-state index < -0.39 is 0 Å². The number of aryl methyl sites for hydroxylation is 1. The van der Waals surface area contributed by atoms with Gasteiger partial charge in [-0.15, -0.1) is 0 Å². The highest BCUT2D eigenvalue weighted by molar-refractivity contribution is 5.54. The molecular formula is C15H21N3. The van der Waals surface area contributed by atoms with Gasteiger partial charge in [0.2, 0.25) is 0 Å². The number of hydrogen-bond acceptors (Lipinski definition) is 3. The number of benzene rings is 1. The van der Waals surface area contributed by atoms with Gasteiger partial charge in [-0.3, -0.25) is 4.90 Å². The fourth-order valence-electron chi connectivity index (χ4n) is 2.43. The van der Waals surface area contributed by atoms with Crippen molar-refractivity contribution in [2.24, 2.45) is 0 Å². The van der Waals surface area contributed by atoms with Gasteiger partial charge in [-0.05, 0) is 51.6 Å². The van der Waals surface area contributed by atoms with Crippen LogP contribution in [-0.2, 0) is 0 Å². The lowest BCUT2D eigenvalue weighted by atomic mass is 9.98. The van der Waals surface area contributed by atoms with Crippen LogP contribution in [0, 0.1) is 18.3 Å². The van der Waals surface area contributed by atoms with E-state index in [1.807, 2.05) is 13.0 Å². The zero-order valence-corrected chi connectivity index (χ0v) is 11.7. The second-order valence-electron chi connectivity index (χ2n) is 5.77. The van der Waals surface area contributed by atoms with Gasteiger partial charge in [0.1, 0.15) is 0 Å². The molecule has 3 nitrogen and oxygen atoms in total. The fourth-order valence-corrected chi connectivity index (χ4v) is 2.43. The average Bonchev–Trinajstić information content (AvgIpc) is 2.32. The second kappa shape index (κ2) is 4.62.